The van der Waals surface area contributed by atoms with Crippen LogP contribution in [0.4, 0.5) is 4.39 Å². The second-order valence-corrected chi connectivity index (χ2v) is 2.69. The fraction of sp³-hybridized carbons (Fsp3) is 0.333. The van der Waals surface area contributed by atoms with Gasteiger partial charge in [-0.15, -0.1) is 0 Å². The number of benzene rings is 1. The first kappa shape index (κ1) is 10.1. The second kappa shape index (κ2) is 4.91. The molecule has 0 fully saturated rings. The van der Waals surface area contributed by atoms with Crippen molar-refractivity contribution in [3.05, 3.63) is 35.1 Å². The maximum absolute atomic E-state index is 13.2. The summed E-state index contributed by atoms with van der Waals surface area (Å²) in [6.45, 7) is 0.503. The molecule has 0 amide bonds. The molecule has 1 aromatic carbocycles. The zero-order valence-corrected chi connectivity index (χ0v) is 7.38. The first-order valence-corrected chi connectivity index (χ1v) is 3.91. The quantitative estimate of drug-likeness (QED) is 0.697. The van der Waals surface area contributed by atoms with Gasteiger partial charge in [0, 0.05) is 19.2 Å². The molecular weight excluding hydrogens is 173 g/mol. The molecule has 0 aliphatic carbocycles. The Morgan fingerprint density at radius 3 is 2.85 bits per heavy atom. The molecule has 0 saturated carbocycles. The van der Waals surface area contributed by atoms with Crippen molar-refractivity contribution < 1.29 is 14.3 Å². The summed E-state index contributed by atoms with van der Waals surface area (Å²) in [5.41, 5.74) is 3.12. The van der Waals surface area contributed by atoms with Gasteiger partial charge in [-0.05, 0) is 11.6 Å². The summed E-state index contributed by atoms with van der Waals surface area (Å²) in [7, 11) is 1.56. The average molecular weight is 185 g/mol. The Morgan fingerprint density at radius 2 is 2.31 bits per heavy atom. The Morgan fingerprint density at radius 1 is 1.54 bits per heavy atom. The Kier molecular flexibility index (Phi) is 3.82. The first-order valence-electron chi connectivity index (χ1n) is 3.91. The van der Waals surface area contributed by atoms with Crippen molar-refractivity contribution in [2.45, 2.75) is 13.2 Å². The average Bonchev–Trinajstić information content (AvgIpc) is 2.10. The fourth-order valence-corrected chi connectivity index (χ4v) is 1.08. The van der Waals surface area contributed by atoms with Gasteiger partial charge in [0.1, 0.15) is 5.82 Å². The van der Waals surface area contributed by atoms with Gasteiger partial charge in [-0.3, -0.25) is 0 Å². The number of methoxy groups -OCH3 is 1. The van der Waals surface area contributed by atoms with Crippen LogP contribution in [0.3, 0.4) is 0 Å². The lowest BCUT2D eigenvalue weighted by atomic mass is 10.1. The Balaban J connectivity index is 2.79. The third kappa shape index (κ3) is 2.77. The van der Waals surface area contributed by atoms with Gasteiger partial charge in [0.15, 0.2) is 0 Å². The van der Waals surface area contributed by atoms with Gasteiger partial charge in [-0.1, -0.05) is 12.1 Å². The number of ether oxygens (including phenoxy) is 1. The molecule has 1 aromatic rings. The number of rotatable bonds is 4. The van der Waals surface area contributed by atoms with E-state index in [0.717, 1.165) is 5.56 Å². The van der Waals surface area contributed by atoms with Crippen LogP contribution in [0.5, 0.6) is 0 Å². The van der Waals surface area contributed by atoms with Crippen LogP contribution in [0.25, 0.3) is 0 Å². The normalized spacial score (nSPS) is 10.4. The first-order chi connectivity index (χ1) is 6.27. The lowest BCUT2D eigenvalue weighted by molar-refractivity contribution is 0.160. The summed E-state index contributed by atoms with van der Waals surface area (Å²) in [6, 6.07) is 4.78. The van der Waals surface area contributed by atoms with E-state index in [9.17, 15) is 4.39 Å². The van der Waals surface area contributed by atoms with Gasteiger partial charge in [0.25, 0.3) is 0 Å². The molecule has 0 saturated heterocycles. The molecule has 13 heavy (non-hydrogen) atoms. The summed E-state index contributed by atoms with van der Waals surface area (Å²) in [4.78, 5) is 0. The summed E-state index contributed by atoms with van der Waals surface area (Å²) in [5.74, 6) is -0.337. The maximum atomic E-state index is 13.2. The molecule has 3 nitrogen and oxygen atoms in total. The van der Waals surface area contributed by atoms with Gasteiger partial charge in [0.2, 0.25) is 0 Å². The molecule has 0 atom stereocenters. The Labute approximate surface area is 76.1 Å². The predicted molar refractivity (Wildman–Crippen MR) is 45.7 cm³/mol. The molecule has 0 aliphatic rings. The standard InChI is InChI=1S/C9H12FNO2/c1-13-6-7-2-3-8(5-11-12)9(10)4-7/h2-4,11-12H,5-6H2,1H3. The summed E-state index contributed by atoms with van der Waals surface area (Å²) in [6.07, 6.45) is 0. The molecule has 0 aliphatic heterocycles. The van der Waals surface area contributed by atoms with Crippen molar-refractivity contribution in [3.8, 4) is 0 Å². The van der Waals surface area contributed by atoms with E-state index in [2.05, 4.69) is 0 Å². The van der Waals surface area contributed by atoms with Crippen molar-refractivity contribution in [3.63, 3.8) is 0 Å². The molecular formula is C9H12FNO2. The van der Waals surface area contributed by atoms with Crippen LogP contribution in [0, 0.1) is 5.82 Å². The van der Waals surface area contributed by atoms with Crippen molar-refractivity contribution in [2.75, 3.05) is 7.11 Å². The minimum absolute atomic E-state index is 0.110. The van der Waals surface area contributed by atoms with E-state index in [1.54, 1.807) is 19.2 Å². The highest BCUT2D eigenvalue weighted by atomic mass is 19.1. The minimum Gasteiger partial charge on any atom is -0.380 e. The van der Waals surface area contributed by atoms with Crippen molar-refractivity contribution >= 4 is 0 Å². The van der Waals surface area contributed by atoms with E-state index >= 15 is 0 Å². The van der Waals surface area contributed by atoms with Crippen LogP contribution in [0.2, 0.25) is 0 Å². The topological polar surface area (TPSA) is 41.5 Å². The molecule has 0 heterocycles. The Bertz CT molecular complexity index is 278. The van der Waals surface area contributed by atoms with E-state index in [-0.39, 0.29) is 12.4 Å². The number of halogens is 1. The summed E-state index contributed by atoms with van der Waals surface area (Å²) in [5, 5.41) is 8.38. The number of hydrogen-bond acceptors (Lipinski definition) is 3. The number of nitrogens with one attached hydrogen (secondary N) is 1. The van der Waals surface area contributed by atoms with Crippen LogP contribution in [-0.2, 0) is 17.9 Å². The van der Waals surface area contributed by atoms with E-state index < -0.39 is 0 Å². The molecule has 0 radical (unpaired) electrons. The minimum atomic E-state index is -0.337. The third-order valence-corrected chi connectivity index (χ3v) is 1.70. The van der Waals surface area contributed by atoms with Crippen LogP contribution in [0.15, 0.2) is 18.2 Å². The maximum Gasteiger partial charge on any atom is 0.128 e. The van der Waals surface area contributed by atoms with Crippen molar-refractivity contribution in [1.82, 2.24) is 5.48 Å². The smallest absolute Gasteiger partial charge is 0.128 e. The van der Waals surface area contributed by atoms with Crippen LogP contribution >= 0.6 is 0 Å². The van der Waals surface area contributed by atoms with Crippen LogP contribution in [-0.4, -0.2) is 12.3 Å². The highest BCUT2D eigenvalue weighted by molar-refractivity contribution is 5.23. The Hall–Kier alpha value is -0.970. The molecule has 0 bridgehead atoms. The highest BCUT2D eigenvalue weighted by Gasteiger charge is 2.02. The molecule has 1 rings (SSSR count). The number of hydrogen-bond donors (Lipinski definition) is 2. The summed E-state index contributed by atoms with van der Waals surface area (Å²) < 4.78 is 18.0. The number of hydroxylamine groups is 1. The molecule has 0 spiro atoms. The van der Waals surface area contributed by atoms with Crippen molar-refractivity contribution in [2.24, 2.45) is 0 Å². The van der Waals surface area contributed by atoms with Gasteiger partial charge >= 0.3 is 0 Å². The predicted octanol–water partition coefficient (Wildman–Crippen LogP) is 1.45. The summed E-state index contributed by atoms with van der Waals surface area (Å²) >= 11 is 0. The van der Waals surface area contributed by atoms with E-state index in [1.807, 2.05) is 5.48 Å². The van der Waals surface area contributed by atoms with Crippen molar-refractivity contribution in [1.29, 1.82) is 0 Å². The van der Waals surface area contributed by atoms with Gasteiger partial charge in [-0.25, -0.2) is 9.87 Å². The van der Waals surface area contributed by atoms with E-state index in [4.69, 9.17) is 9.94 Å². The molecule has 72 valence electrons. The van der Waals surface area contributed by atoms with E-state index in [1.165, 1.54) is 6.07 Å². The largest absolute Gasteiger partial charge is 0.380 e. The molecule has 0 unspecified atom stereocenters. The van der Waals surface area contributed by atoms with Gasteiger partial charge in [0.05, 0.1) is 6.61 Å². The molecule has 0 aromatic heterocycles. The SMILES string of the molecule is COCc1ccc(CNO)c(F)c1. The molecule has 4 heteroatoms. The van der Waals surface area contributed by atoms with Gasteiger partial charge < -0.3 is 9.94 Å². The van der Waals surface area contributed by atoms with Gasteiger partial charge in [-0.2, -0.15) is 0 Å². The van der Waals surface area contributed by atoms with E-state index in [0.29, 0.717) is 12.2 Å². The lowest BCUT2D eigenvalue weighted by Crippen LogP contribution is -2.08. The highest BCUT2D eigenvalue weighted by Crippen LogP contribution is 2.10. The fourth-order valence-electron chi connectivity index (χ4n) is 1.08. The zero-order valence-electron chi connectivity index (χ0n) is 7.38. The monoisotopic (exact) mass is 185 g/mol. The molecule has 2 N–H and O–H groups in total. The van der Waals surface area contributed by atoms with Crippen LogP contribution in [0.1, 0.15) is 11.1 Å². The second-order valence-electron chi connectivity index (χ2n) is 2.69. The lowest BCUT2D eigenvalue weighted by Gasteiger charge is -2.04. The zero-order chi connectivity index (χ0) is 9.68. The van der Waals surface area contributed by atoms with Crippen LogP contribution < -0.4 is 5.48 Å². The third-order valence-electron chi connectivity index (χ3n) is 1.70.